The van der Waals surface area contributed by atoms with Gasteiger partial charge in [0.25, 0.3) is 5.91 Å². The van der Waals surface area contributed by atoms with Crippen molar-refractivity contribution in [3.8, 4) is 0 Å². The maximum Gasteiger partial charge on any atom is 0.251 e. The van der Waals surface area contributed by atoms with E-state index in [4.69, 9.17) is 4.99 Å². The molecule has 0 aromatic heterocycles. The topological polar surface area (TPSA) is 44.7 Å². The molecule has 1 amide bonds. The molecule has 178 valence electrons. The fourth-order valence-electron chi connectivity index (χ4n) is 4.09. The van der Waals surface area contributed by atoms with Crippen LogP contribution in [0.3, 0.4) is 0 Å². The average molecular weight is 466 g/mol. The van der Waals surface area contributed by atoms with Gasteiger partial charge in [0.15, 0.2) is 0 Å². The van der Waals surface area contributed by atoms with E-state index < -0.39 is 0 Å². The summed E-state index contributed by atoms with van der Waals surface area (Å²) in [5.41, 5.74) is 5.11. The summed E-state index contributed by atoms with van der Waals surface area (Å²) in [5, 5.41) is 3.12. The van der Waals surface area contributed by atoms with Gasteiger partial charge in [-0.15, -0.1) is 0 Å². The summed E-state index contributed by atoms with van der Waals surface area (Å²) in [6, 6.07) is 12.5. The van der Waals surface area contributed by atoms with Crippen LogP contribution in [0.2, 0.25) is 0 Å². The number of amides is 1. The third kappa shape index (κ3) is 7.18. The quantitative estimate of drug-likeness (QED) is 0.343. The van der Waals surface area contributed by atoms with Gasteiger partial charge in [0.2, 0.25) is 0 Å². The summed E-state index contributed by atoms with van der Waals surface area (Å²) in [5.74, 6) is -0.0117. The number of rotatable bonds is 12. The van der Waals surface area contributed by atoms with Crippen LogP contribution < -0.4 is 5.32 Å². The van der Waals surface area contributed by atoms with Crippen LogP contribution in [0.5, 0.6) is 0 Å². The second kappa shape index (κ2) is 13.0. The number of benzene rings is 2. The smallest absolute Gasteiger partial charge is 0.251 e. The fourth-order valence-corrected chi connectivity index (χ4v) is 5.09. The zero-order valence-corrected chi connectivity index (χ0v) is 21.6. The Hall–Kier alpha value is -2.11. The molecule has 5 heteroatoms. The molecule has 2 aromatic rings. The molecule has 1 aliphatic heterocycles. The number of nitrogens with zero attached hydrogens (tertiary/aromatic N) is 2. The van der Waals surface area contributed by atoms with Crippen molar-refractivity contribution in [1.82, 2.24) is 10.2 Å². The largest absolute Gasteiger partial charge is 0.352 e. The molecule has 0 radical (unpaired) electrons. The lowest BCUT2D eigenvalue weighted by Crippen LogP contribution is -2.31. The van der Waals surface area contributed by atoms with Gasteiger partial charge in [-0.1, -0.05) is 57.0 Å². The van der Waals surface area contributed by atoms with E-state index in [9.17, 15) is 4.79 Å². The average Bonchev–Trinajstić information content (AvgIpc) is 2.98. The van der Waals surface area contributed by atoms with Gasteiger partial charge >= 0.3 is 0 Å². The Morgan fingerprint density at radius 1 is 0.939 bits per heavy atom. The maximum atomic E-state index is 12.8. The number of fused-ring (bicyclic) bond motifs is 2. The lowest BCUT2D eigenvalue weighted by Gasteiger charge is -2.21. The van der Waals surface area contributed by atoms with Crippen LogP contribution >= 0.6 is 11.8 Å². The fraction of sp³-hybridized carbons (Fsp3) is 0.500. The molecule has 0 saturated carbocycles. The summed E-state index contributed by atoms with van der Waals surface area (Å²) < 4.78 is 0. The Bertz CT molecular complexity index is 962. The normalized spacial score (nSPS) is 12.7. The summed E-state index contributed by atoms with van der Waals surface area (Å²) >= 11 is 1.74. The minimum Gasteiger partial charge on any atom is -0.352 e. The number of hydrogen-bond acceptors (Lipinski definition) is 4. The SMILES string of the molecule is CCCCN(CCCC)CCCNC(=O)c1ccc2c(c1)N=C(CC)c1cc(C)ccc1S2. The standard InChI is InChI=1S/C28H39N3OS/c1-5-8-16-31(17-9-6-2)18-10-15-29-28(32)22-12-14-27-25(20-22)30-24(7-3)23-19-21(4)11-13-26(23)33-27/h11-14,19-20H,5-10,15-18H2,1-4H3,(H,29,32). The highest BCUT2D eigenvalue weighted by Crippen LogP contribution is 2.41. The molecule has 0 atom stereocenters. The van der Waals surface area contributed by atoms with Crippen LogP contribution in [-0.4, -0.2) is 42.7 Å². The van der Waals surface area contributed by atoms with Crippen LogP contribution in [0.1, 0.15) is 80.8 Å². The van der Waals surface area contributed by atoms with Crippen molar-refractivity contribution in [1.29, 1.82) is 0 Å². The van der Waals surface area contributed by atoms with Crippen LogP contribution in [0.25, 0.3) is 0 Å². The Labute approximate surface area is 204 Å². The number of nitrogens with one attached hydrogen (secondary N) is 1. The number of carbonyl (C=O) groups is 1. The molecule has 0 spiro atoms. The first-order valence-electron chi connectivity index (χ1n) is 12.6. The molecule has 4 nitrogen and oxygen atoms in total. The summed E-state index contributed by atoms with van der Waals surface area (Å²) in [7, 11) is 0. The van der Waals surface area contributed by atoms with Gasteiger partial charge in [-0.2, -0.15) is 0 Å². The van der Waals surface area contributed by atoms with Crippen LogP contribution in [0, 0.1) is 6.92 Å². The van der Waals surface area contributed by atoms with Gasteiger partial charge in [-0.3, -0.25) is 9.79 Å². The molecular weight excluding hydrogens is 426 g/mol. The maximum absolute atomic E-state index is 12.8. The van der Waals surface area contributed by atoms with Crippen LogP contribution in [0.15, 0.2) is 51.2 Å². The van der Waals surface area contributed by atoms with E-state index in [0.29, 0.717) is 12.1 Å². The van der Waals surface area contributed by atoms with Gasteiger partial charge in [0.1, 0.15) is 0 Å². The van der Waals surface area contributed by atoms with Gasteiger partial charge in [0.05, 0.1) is 5.69 Å². The number of hydrogen-bond donors (Lipinski definition) is 1. The highest BCUT2D eigenvalue weighted by atomic mass is 32.2. The number of carbonyl (C=O) groups excluding carboxylic acids is 1. The molecule has 33 heavy (non-hydrogen) atoms. The van der Waals surface area contributed by atoms with Crippen LogP contribution in [0.4, 0.5) is 5.69 Å². The van der Waals surface area contributed by atoms with Gasteiger partial charge < -0.3 is 10.2 Å². The molecule has 0 bridgehead atoms. The predicted molar refractivity (Wildman–Crippen MR) is 141 cm³/mol. The van der Waals surface area contributed by atoms with Crippen molar-refractivity contribution in [3.05, 3.63) is 53.1 Å². The van der Waals surface area contributed by atoms with Crippen molar-refractivity contribution in [2.75, 3.05) is 26.2 Å². The Morgan fingerprint density at radius 2 is 1.64 bits per heavy atom. The van der Waals surface area contributed by atoms with E-state index in [2.05, 4.69) is 56.1 Å². The molecule has 0 aliphatic carbocycles. The van der Waals surface area contributed by atoms with E-state index in [1.54, 1.807) is 11.8 Å². The first-order valence-corrected chi connectivity index (χ1v) is 13.4. The number of aryl methyl sites for hydroxylation is 1. The zero-order chi connectivity index (χ0) is 23.6. The van der Waals surface area contributed by atoms with E-state index in [-0.39, 0.29) is 5.91 Å². The van der Waals surface area contributed by atoms with Gasteiger partial charge in [-0.05, 0) is 82.6 Å². The molecule has 0 fully saturated rings. The van der Waals surface area contributed by atoms with Gasteiger partial charge in [-0.25, -0.2) is 0 Å². The lowest BCUT2D eigenvalue weighted by molar-refractivity contribution is 0.0951. The van der Waals surface area contributed by atoms with Crippen molar-refractivity contribution < 1.29 is 4.79 Å². The molecule has 3 rings (SSSR count). The van der Waals surface area contributed by atoms with Crippen LogP contribution in [-0.2, 0) is 0 Å². The van der Waals surface area contributed by atoms with Gasteiger partial charge in [0, 0.05) is 33.2 Å². The first-order chi connectivity index (χ1) is 16.0. The van der Waals surface area contributed by atoms with Crippen molar-refractivity contribution in [3.63, 3.8) is 0 Å². The highest BCUT2D eigenvalue weighted by Gasteiger charge is 2.18. The van der Waals surface area contributed by atoms with E-state index >= 15 is 0 Å². The molecule has 0 unspecified atom stereocenters. The first kappa shape index (κ1) is 25.5. The Morgan fingerprint density at radius 3 is 2.33 bits per heavy atom. The number of aliphatic imine (C=N–C) groups is 1. The molecular formula is C28H39N3OS. The third-order valence-electron chi connectivity index (χ3n) is 6.07. The number of unbranched alkanes of at least 4 members (excludes halogenated alkanes) is 2. The molecule has 1 N–H and O–H groups in total. The molecule has 0 saturated heterocycles. The van der Waals surface area contributed by atoms with Crippen molar-refractivity contribution in [2.24, 2.45) is 4.99 Å². The zero-order valence-electron chi connectivity index (χ0n) is 20.7. The second-order valence-corrected chi connectivity index (χ2v) is 9.94. The second-order valence-electron chi connectivity index (χ2n) is 8.85. The minimum absolute atomic E-state index is 0.0117. The van der Waals surface area contributed by atoms with E-state index in [0.717, 1.165) is 48.8 Å². The third-order valence-corrected chi connectivity index (χ3v) is 7.21. The predicted octanol–water partition coefficient (Wildman–Crippen LogP) is 7.01. The van der Waals surface area contributed by atoms with Crippen molar-refractivity contribution in [2.45, 2.75) is 76.0 Å². The molecule has 2 aromatic carbocycles. The van der Waals surface area contributed by atoms with E-state index in [1.165, 1.54) is 41.7 Å². The van der Waals surface area contributed by atoms with E-state index in [1.807, 2.05) is 18.2 Å². The van der Waals surface area contributed by atoms with Crippen molar-refractivity contribution >= 4 is 29.1 Å². The summed E-state index contributed by atoms with van der Waals surface area (Å²) in [4.78, 5) is 22.7. The lowest BCUT2D eigenvalue weighted by atomic mass is 10.0. The monoisotopic (exact) mass is 465 g/mol. The summed E-state index contributed by atoms with van der Waals surface area (Å²) in [6.45, 7) is 12.8. The highest BCUT2D eigenvalue weighted by molar-refractivity contribution is 7.99. The Balaban J connectivity index is 1.63. The molecule has 1 aliphatic rings. The summed E-state index contributed by atoms with van der Waals surface area (Å²) in [6.07, 6.45) is 6.78. The minimum atomic E-state index is -0.0117. The Kier molecular flexibility index (Phi) is 10.0. The molecule has 1 heterocycles.